The van der Waals surface area contributed by atoms with Gasteiger partial charge in [-0.25, -0.2) is 8.78 Å². The monoisotopic (exact) mass is 431 g/mol. The van der Waals surface area contributed by atoms with Crippen LogP contribution in [-0.2, 0) is 15.1 Å². The van der Waals surface area contributed by atoms with Gasteiger partial charge < -0.3 is 19.1 Å². The molecule has 5 nitrogen and oxygen atoms in total. The first-order valence-electron chi connectivity index (χ1n) is 10.4. The molecule has 4 rings (SSSR count). The Balaban J connectivity index is 1.48. The number of nitrogens with zero attached hydrogens (tertiary/aromatic N) is 1. The van der Waals surface area contributed by atoms with Crippen molar-refractivity contribution in [3.8, 4) is 5.75 Å². The van der Waals surface area contributed by atoms with Crippen LogP contribution in [0.5, 0.6) is 5.75 Å². The molecular formula is C24H27F2NO4. The molecule has 2 atom stereocenters. The van der Waals surface area contributed by atoms with E-state index in [1.165, 1.54) is 26.0 Å². The lowest BCUT2D eigenvalue weighted by atomic mass is 9.82. The maximum Gasteiger partial charge on any atom is 0.253 e. The molecule has 0 radical (unpaired) electrons. The number of halogens is 2. The van der Waals surface area contributed by atoms with E-state index < -0.39 is 11.3 Å². The number of ether oxygens (including phenoxy) is 3. The Hall–Kier alpha value is -2.51. The molecule has 2 aliphatic heterocycles. The largest absolute Gasteiger partial charge is 0.490 e. The summed E-state index contributed by atoms with van der Waals surface area (Å²) in [5, 5.41) is 0. The molecule has 1 amide bonds. The molecular weight excluding hydrogens is 404 g/mol. The Kier molecular flexibility index (Phi) is 5.75. The number of carbonyl (C=O) groups is 1. The highest BCUT2D eigenvalue weighted by Gasteiger charge is 2.51. The topological polar surface area (TPSA) is 48.0 Å². The lowest BCUT2D eigenvalue weighted by Crippen LogP contribution is -2.53. The summed E-state index contributed by atoms with van der Waals surface area (Å²) in [4.78, 5) is 14.9. The number of aryl methyl sites for hydroxylation is 1. The van der Waals surface area contributed by atoms with Gasteiger partial charge in [-0.1, -0.05) is 12.1 Å². The lowest BCUT2D eigenvalue weighted by molar-refractivity contribution is -0.0441. The van der Waals surface area contributed by atoms with E-state index in [9.17, 15) is 13.6 Å². The summed E-state index contributed by atoms with van der Waals surface area (Å²) >= 11 is 0. The number of likely N-dealkylation sites (tertiary alicyclic amines) is 1. The second kappa shape index (κ2) is 8.20. The number of carbonyl (C=O) groups excluding carboxylic acids is 1. The normalized spacial score (nSPS) is 23.5. The van der Waals surface area contributed by atoms with Gasteiger partial charge in [0.1, 0.15) is 42.3 Å². The molecule has 0 N–H and O–H groups in total. The minimum Gasteiger partial charge on any atom is -0.490 e. The number of rotatable bonds is 5. The lowest BCUT2D eigenvalue weighted by Gasteiger charge is -2.42. The summed E-state index contributed by atoms with van der Waals surface area (Å²) in [6.07, 6.45) is 0.140. The van der Waals surface area contributed by atoms with Gasteiger partial charge in [0.15, 0.2) is 0 Å². The smallest absolute Gasteiger partial charge is 0.253 e. The molecule has 0 aliphatic carbocycles. The molecule has 2 heterocycles. The van der Waals surface area contributed by atoms with E-state index in [1.54, 1.807) is 29.2 Å². The molecule has 31 heavy (non-hydrogen) atoms. The van der Waals surface area contributed by atoms with Crippen LogP contribution >= 0.6 is 0 Å². The summed E-state index contributed by atoms with van der Waals surface area (Å²) in [6.45, 7) is 5.60. The van der Waals surface area contributed by atoms with Crippen LogP contribution in [0.4, 0.5) is 8.78 Å². The Bertz CT molecular complexity index is 974. The zero-order valence-corrected chi connectivity index (χ0v) is 18.0. The van der Waals surface area contributed by atoms with Crippen LogP contribution in [-0.4, -0.2) is 49.1 Å². The molecule has 2 aromatic rings. The van der Waals surface area contributed by atoms with Crippen molar-refractivity contribution in [3.63, 3.8) is 0 Å². The molecule has 0 bridgehead atoms. The van der Waals surface area contributed by atoms with Crippen LogP contribution in [0.1, 0.15) is 41.8 Å². The quantitative estimate of drug-likeness (QED) is 0.705. The summed E-state index contributed by atoms with van der Waals surface area (Å²) in [7, 11) is 0. The molecule has 0 saturated carbocycles. The van der Waals surface area contributed by atoms with E-state index in [-0.39, 0.29) is 31.2 Å². The third-order valence-electron chi connectivity index (χ3n) is 5.84. The highest BCUT2D eigenvalue weighted by molar-refractivity contribution is 5.94. The van der Waals surface area contributed by atoms with Crippen molar-refractivity contribution in [2.75, 3.05) is 26.5 Å². The van der Waals surface area contributed by atoms with Crippen molar-refractivity contribution in [2.45, 2.75) is 44.6 Å². The molecule has 166 valence electrons. The molecule has 0 spiro atoms. The first-order valence-corrected chi connectivity index (χ1v) is 10.4. The van der Waals surface area contributed by atoms with E-state index >= 15 is 0 Å². The molecule has 2 aliphatic rings. The summed E-state index contributed by atoms with van der Waals surface area (Å²) in [5.74, 6) is 0.107. The van der Waals surface area contributed by atoms with Crippen molar-refractivity contribution in [1.82, 2.24) is 4.90 Å². The second-order valence-electron chi connectivity index (χ2n) is 8.81. The maximum atomic E-state index is 13.8. The number of benzene rings is 2. The fourth-order valence-corrected chi connectivity index (χ4v) is 4.20. The highest BCUT2D eigenvalue weighted by Crippen LogP contribution is 2.43. The average Bonchev–Trinajstić information content (AvgIpc) is 3.16. The van der Waals surface area contributed by atoms with E-state index in [2.05, 4.69) is 0 Å². The van der Waals surface area contributed by atoms with Gasteiger partial charge >= 0.3 is 0 Å². The van der Waals surface area contributed by atoms with Crippen molar-refractivity contribution in [2.24, 2.45) is 0 Å². The number of fused-ring (bicyclic) bond motifs is 1. The van der Waals surface area contributed by atoms with E-state index in [4.69, 9.17) is 14.2 Å². The van der Waals surface area contributed by atoms with Gasteiger partial charge in [0, 0.05) is 18.5 Å². The first-order chi connectivity index (χ1) is 14.7. The van der Waals surface area contributed by atoms with Gasteiger partial charge in [0.2, 0.25) is 0 Å². The van der Waals surface area contributed by atoms with E-state index in [0.29, 0.717) is 30.8 Å². The molecule has 2 aromatic carbocycles. The van der Waals surface area contributed by atoms with Crippen molar-refractivity contribution in [1.29, 1.82) is 0 Å². The van der Waals surface area contributed by atoms with Gasteiger partial charge in [-0.15, -0.1) is 0 Å². The van der Waals surface area contributed by atoms with Crippen LogP contribution in [0.2, 0.25) is 0 Å². The third kappa shape index (κ3) is 4.43. The van der Waals surface area contributed by atoms with Crippen molar-refractivity contribution in [3.05, 3.63) is 65.0 Å². The van der Waals surface area contributed by atoms with Crippen LogP contribution in [0.15, 0.2) is 42.5 Å². The third-order valence-corrected chi connectivity index (χ3v) is 5.84. The minimum atomic E-state index is -1.44. The average molecular weight is 431 g/mol. The molecule has 2 fully saturated rings. The Morgan fingerprint density at radius 3 is 2.81 bits per heavy atom. The fourth-order valence-electron chi connectivity index (χ4n) is 4.20. The number of piperidine rings is 1. The highest BCUT2D eigenvalue weighted by atomic mass is 19.1. The molecule has 2 saturated heterocycles. The van der Waals surface area contributed by atoms with Gasteiger partial charge in [0.25, 0.3) is 5.91 Å². The van der Waals surface area contributed by atoms with Crippen molar-refractivity contribution < 1.29 is 27.8 Å². The van der Waals surface area contributed by atoms with Crippen LogP contribution in [0.25, 0.3) is 0 Å². The number of hydrogen-bond donors (Lipinski definition) is 0. The summed E-state index contributed by atoms with van der Waals surface area (Å²) in [5.41, 5.74) is -0.156. The Morgan fingerprint density at radius 2 is 2.10 bits per heavy atom. The number of amides is 1. The molecule has 0 aromatic heterocycles. The first kappa shape index (κ1) is 21.7. The van der Waals surface area contributed by atoms with Gasteiger partial charge in [0.05, 0.1) is 6.54 Å². The summed E-state index contributed by atoms with van der Waals surface area (Å²) < 4.78 is 44.8. The van der Waals surface area contributed by atoms with E-state index in [1.807, 2.05) is 13.0 Å². The van der Waals surface area contributed by atoms with E-state index in [0.717, 1.165) is 11.1 Å². The summed E-state index contributed by atoms with van der Waals surface area (Å²) in [6, 6.07) is 11.5. The maximum absolute atomic E-state index is 13.8. The zero-order valence-electron chi connectivity index (χ0n) is 18.0. The predicted octanol–water partition coefficient (Wildman–Crippen LogP) is 4.38. The van der Waals surface area contributed by atoms with Crippen molar-refractivity contribution >= 4 is 5.91 Å². The van der Waals surface area contributed by atoms with Crippen LogP contribution in [0, 0.1) is 12.7 Å². The second-order valence-corrected chi connectivity index (χ2v) is 8.81. The minimum absolute atomic E-state index is 0.0611. The standard InChI is InChI=1S/C24H27F2NO4/c1-16-11-17(7-8-20(16)29-14-23(2,3)26)22(28)27-10-9-24(21(13-27)30-15-31-24)18-5-4-6-19(25)12-18/h4-8,11-12,21H,9-10,13-15H2,1-3H3. The zero-order chi connectivity index (χ0) is 22.2. The molecule has 2 unspecified atom stereocenters. The van der Waals surface area contributed by atoms with Gasteiger partial charge in [-0.2, -0.15) is 0 Å². The van der Waals surface area contributed by atoms with Crippen LogP contribution in [0.3, 0.4) is 0 Å². The van der Waals surface area contributed by atoms with Crippen LogP contribution < -0.4 is 4.74 Å². The fraction of sp³-hybridized carbons (Fsp3) is 0.458. The van der Waals surface area contributed by atoms with Gasteiger partial charge in [-0.05, 0) is 62.2 Å². The SMILES string of the molecule is Cc1cc(C(=O)N2CCC3(c4cccc(F)c4)OCOC3C2)ccc1OCC(C)(C)F. The Morgan fingerprint density at radius 1 is 1.29 bits per heavy atom. The number of hydrogen-bond acceptors (Lipinski definition) is 4. The van der Waals surface area contributed by atoms with Gasteiger partial charge in [-0.3, -0.25) is 4.79 Å². The molecule has 7 heteroatoms. The Labute approximate surface area is 180 Å². The number of alkyl halides is 1. The predicted molar refractivity (Wildman–Crippen MR) is 111 cm³/mol.